The first-order chi connectivity index (χ1) is 12.9. The van der Waals surface area contributed by atoms with Gasteiger partial charge in [-0.25, -0.2) is 4.39 Å². The molecule has 1 saturated heterocycles. The van der Waals surface area contributed by atoms with Gasteiger partial charge in [-0.2, -0.15) is 0 Å². The van der Waals surface area contributed by atoms with Gasteiger partial charge in [-0.1, -0.05) is 17.7 Å². The average molecular weight is 391 g/mol. The van der Waals surface area contributed by atoms with Crippen molar-refractivity contribution in [3.8, 4) is 0 Å². The lowest BCUT2D eigenvalue weighted by Crippen LogP contribution is -2.28. The van der Waals surface area contributed by atoms with Crippen molar-refractivity contribution in [1.29, 1.82) is 0 Å². The molecule has 27 heavy (non-hydrogen) atoms. The molecule has 3 rings (SSSR count). The first-order valence-corrected chi connectivity index (χ1v) is 8.58. The highest BCUT2D eigenvalue weighted by molar-refractivity contribution is 6.31. The van der Waals surface area contributed by atoms with Crippen LogP contribution in [0.2, 0.25) is 5.02 Å². The van der Waals surface area contributed by atoms with Crippen LogP contribution in [0.5, 0.6) is 0 Å². The van der Waals surface area contributed by atoms with Crippen LogP contribution in [-0.2, 0) is 19.1 Å². The smallest absolute Gasteiger partial charge is 0.311 e. The van der Waals surface area contributed by atoms with E-state index >= 15 is 0 Å². The number of hydrogen-bond acceptors (Lipinski definition) is 4. The van der Waals surface area contributed by atoms with Crippen molar-refractivity contribution in [2.24, 2.45) is 5.92 Å². The number of amides is 2. The predicted octanol–water partition coefficient (Wildman–Crippen LogP) is 3.01. The molecule has 1 N–H and O–H groups in total. The first-order valence-electron chi connectivity index (χ1n) is 8.20. The van der Waals surface area contributed by atoms with E-state index in [1.54, 1.807) is 24.3 Å². The van der Waals surface area contributed by atoms with Crippen molar-refractivity contribution in [3.05, 3.63) is 59.4 Å². The third-order valence-electron chi connectivity index (χ3n) is 4.05. The van der Waals surface area contributed by atoms with E-state index in [0.717, 1.165) is 0 Å². The van der Waals surface area contributed by atoms with E-state index in [4.69, 9.17) is 16.3 Å². The number of carbonyl (C=O) groups is 3. The number of nitrogens with zero attached hydrogens (tertiary/aromatic N) is 1. The van der Waals surface area contributed by atoms with Crippen molar-refractivity contribution in [3.63, 3.8) is 0 Å². The molecule has 1 aliphatic rings. The highest BCUT2D eigenvalue weighted by atomic mass is 35.5. The lowest BCUT2D eigenvalue weighted by atomic mass is 10.1. The van der Waals surface area contributed by atoms with Crippen molar-refractivity contribution in [2.45, 2.75) is 6.42 Å². The largest absolute Gasteiger partial charge is 0.455 e. The van der Waals surface area contributed by atoms with Crippen LogP contribution in [0, 0.1) is 11.7 Å². The number of benzene rings is 2. The number of carbonyl (C=O) groups excluding carboxylic acids is 3. The second-order valence-electron chi connectivity index (χ2n) is 6.05. The van der Waals surface area contributed by atoms with E-state index in [-0.39, 0.29) is 18.9 Å². The van der Waals surface area contributed by atoms with E-state index in [1.165, 1.54) is 29.2 Å². The Morgan fingerprint density at radius 1 is 1.22 bits per heavy atom. The number of halogens is 2. The molecular formula is C19H16ClFN2O4. The van der Waals surface area contributed by atoms with Gasteiger partial charge in [0.25, 0.3) is 5.91 Å². The maximum absolute atomic E-state index is 12.8. The van der Waals surface area contributed by atoms with Gasteiger partial charge in [-0.15, -0.1) is 0 Å². The van der Waals surface area contributed by atoms with E-state index in [1.807, 2.05) is 0 Å². The summed E-state index contributed by atoms with van der Waals surface area (Å²) in [6, 6.07) is 12.0. The molecule has 1 heterocycles. The number of rotatable bonds is 5. The summed E-state index contributed by atoms with van der Waals surface area (Å²) >= 11 is 5.93. The van der Waals surface area contributed by atoms with Gasteiger partial charge in [0, 0.05) is 29.4 Å². The molecule has 2 amide bonds. The van der Waals surface area contributed by atoms with Crippen LogP contribution in [-0.4, -0.2) is 30.9 Å². The molecule has 2 aromatic carbocycles. The summed E-state index contributed by atoms with van der Waals surface area (Å²) in [6.07, 6.45) is 0.00489. The molecule has 1 fully saturated rings. The van der Waals surface area contributed by atoms with Gasteiger partial charge < -0.3 is 15.0 Å². The van der Waals surface area contributed by atoms with Gasteiger partial charge in [-0.3, -0.25) is 14.4 Å². The van der Waals surface area contributed by atoms with Crippen LogP contribution in [0.15, 0.2) is 48.5 Å². The summed E-state index contributed by atoms with van der Waals surface area (Å²) < 4.78 is 17.8. The topological polar surface area (TPSA) is 75.7 Å². The number of nitrogens with one attached hydrogen (secondary N) is 1. The van der Waals surface area contributed by atoms with E-state index < -0.39 is 30.2 Å². The number of ether oxygens (including phenoxy) is 1. The van der Waals surface area contributed by atoms with Crippen molar-refractivity contribution in [1.82, 2.24) is 0 Å². The summed E-state index contributed by atoms with van der Waals surface area (Å²) in [6.45, 7) is -0.324. The Balaban J connectivity index is 1.52. The quantitative estimate of drug-likeness (QED) is 0.796. The predicted molar refractivity (Wildman–Crippen MR) is 97.9 cm³/mol. The molecule has 140 valence electrons. The fourth-order valence-corrected chi connectivity index (χ4v) is 2.93. The number of hydrogen-bond donors (Lipinski definition) is 1. The zero-order chi connectivity index (χ0) is 19.4. The molecule has 1 aliphatic heterocycles. The Morgan fingerprint density at radius 3 is 2.67 bits per heavy atom. The summed E-state index contributed by atoms with van der Waals surface area (Å²) in [4.78, 5) is 37.7. The molecule has 0 radical (unpaired) electrons. The molecule has 0 aromatic heterocycles. The van der Waals surface area contributed by atoms with Gasteiger partial charge in [-0.05, 0) is 42.5 Å². The molecular weight excluding hydrogens is 375 g/mol. The highest BCUT2D eigenvalue weighted by Crippen LogP contribution is 2.27. The van der Waals surface area contributed by atoms with Crippen LogP contribution < -0.4 is 10.2 Å². The number of anilines is 2. The Labute approximate surface area is 159 Å². The van der Waals surface area contributed by atoms with E-state index in [2.05, 4.69) is 5.32 Å². The molecule has 0 saturated carbocycles. The van der Waals surface area contributed by atoms with Crippen LogP contribution in [0.3, 0.4) is 0 Å². The van der Waals surface area contributed by atoms with Crippen molar-refractivity contribution in [2.75, 3.05) is 23.4 Å². The Morgan fingerprint density at radius 2 is 1.96 bits per heavy atom. The third kappa shape index (κ3) is 4.83. The standard InChI is InChI=1S/C19H16ClFN2O4/c20-13-2-1-3-16(9-13)23-10-12(8-18(23)25)19(26)27-11-17(24)22-15-6-4-14(21)5-7-15/h1-7,9,12H,8,10-11H2,(H,22,24)/t12-/m1/s1. The lowest BCUT2D eigenvalue weighted by molar-refractivity contribution is -0.151. The highest BCUT2D eigenvalue weighted by Gasteiger charge is 2.36. The minimum Gasteiger partial charge on any atom is -0.455 e. The molecule has 1 atom stereocenters. The Bertz CT molecular complexity index is 872. The van der Waals surface area contributed by atoms with Crippen molar-refractivity contribution < 1.29 is 23.5 Å². The van der Waals surface area contributed by atoms with Crippen LogP contribution in [0.25, 0.3) is 0 Å². The van der Waals surface area contributed by atoms with E-state index in [0.29, 0.717) is 16.4 Å². The normalized spacial score (nSPS) is 16.3. The lowest BCUT2D eigenvalue weighted by Gasteiger charge is -2.16. The summed E-state index contributed by atoms with van der Waals surface area (Å²) in [5, 5.41) is 2.98. The maximum atomic E-state index is 12.8. The van der Waals surface area contributed by atoms with Crippen LogP contribution in [0.4, 0.5) is 15.8 Å². The van der Waals surface area contributed by atoms with E-state index in [9.17, 15) is 18.8 Å². The molecule has 0 bridgehead atoms. The monoisotopic (exact) mass is 390 g/mol. The van der Waals surface area contributed by atoms with Crippen LogP contribution in [0.1, 0.15) is 6.42 Å². The fraction of sp³-hybridized carbons (Fsp3) is 0.211. The molecule has 6 nitrogen and oxygen atoms in total. The molecule has 2 aromatic rings. The first kappa shape index (κ1) is 18.8. The second-order valence-corrected chi connectivity index (χ2v) is 6.48. The average Bonchev–Trinajstić information content (AvgIpc) is 3.03. The second kappa shape index (κ2) is 8.18. The molecule has 0 unspecified atom stereocenters. The van der Waals surface area contributed by atoms with Gasteiger partial charge in [0.1, 0.15) is 5.82 Å². The maximum Gasteiger partial charge on any atom is 0.311 e. The summed E-state index contributed by atoms with van der Waals surface area (Å²) in [5.74, 6) is -2.47. The summed E-state index contributed by atoms with van der Waals surface area (Å²) in [5.41, 5.74) is 0.998. The van der Waals surface area contributed by atoms with Gasteiger partial charge in [0.05, 0.1) is 5.92 Å². The Kier molecular flexibility index (Phi) is 5.71. The van der Waals surface area contributed by atoms with Gasteiger partial charge in [0.15, 0.2) is 6.61 Å². The SMILES string of the molecule is O=C(COC(=O)[C@@H]1CC(=O)N(c2cccc(Cl)c2)C1)Nc1ccc(F)cc1. The molecule has 8 heteroatoms. The Hall–Kier alpha value is -2.93. The summed E-state index contributed by atoms with van der Waals surface area (Å²) in [7, 11) is 0. The third-order valence-corrected chi connectivity index (χ3v) is 4.29. The number of esters is 1. The van der Waals surface area contributed by atoms with Crippen molar-refractivity contribution >= 4 is 40.8 Å². The van der Waals surface area contributed by atoms with Crippen LogP contribution >= 0.6 is 11.6 Å². The minimum absolute atomic E-state index is 0.00489. The molecule has 0 spiro atoms. The molecule has 0 aliphatic carbocycles. The van der Waals surface area contributed by atoms with Gasteiger partial charge >= 0.3 is 5.97 Å². The minimum atomic E-state index is -0.657. The fourth-order valence-electron chi connectivity index (χ4n) is 2.74. The van der Waals surface area contributed by atoms with Gasteiger partial charge in [0.2, 0.25) is 5.91 Å². The zero-order valence-electron chi connectivity index (χ0n) is 14.2. The zero-order valence-corrected chi connectivity index (χ0v) is 14.9.